The van der Waals surface area contributed by atoms with E-state index in [1.165, 1.54) is 0 Å². The molecule has 2 aromatic carbocycles. The van der Waals surface area contributed by atoms with Crippen molar-refractivity contribution in [1.82, 2.24) is 15.5 Å². The van der Waals surface area contributed by atoms with Crippen LogP contribution in [0.2, 0.25) is 0 Å². The average molecular weight is 407 g/mol. The number of amides is 1. The van der Waals surface area contributed by atoms with E-state index in [0.29, 0.717) is 24.8 Å². The van der Waals surface area contributed by atoms with Crippen molar-refractivity contribution in [3.63, 3.8) is 0 Å². The van der Waals surface area contributed by atoms with Gasteiger partial charge < -0.3 is 19.5 Å². The molecule has 3 aromatic rings. The van der Waals surface area contributed by atoms with Crippen LogP contribution in [0.25, 0.3) is 11.3 Å². The minimum absolute atomic E-state index is 0.0687. The standard InChI is InChI=1S/C23H25N3O4/c1-2-15-28-19-8-10-20(11-9-19)30-17-22(27)24-14-16-29-23-13-12-21(25-26-23)18-6-4-3-5-7-18/h3-13H,2,14-17H2,1H3,(H,24,27). The van der Waals surface area contributed by atoms with Crippen molar-refractivity contribution in [3.8, 4) is 28.6 Å². The molecule has 3 rings (SSSR count). The molecule has 0 spiro atoms. The van der Waals surface area contributed by atoms with Crippen molar-refractivity contribution < 1.29 is 19.0 Å². The van der Waals surface area contributed by atoms with Gasteiger partial charge in [0, 0.05) is 11.6 Å². The molecule has 30 heavy (non-hydrogen) atoms. The third-order valence-corrected chi connectivity index (χ3v) is 4.05. The highest BCUT2D eigenvalue weighted by molar-refractivity contribution is 5.77. The zero-order valence-corrected chi connectivity index (χ0v) is 16.9. The lowest BCUT2D eigenvalue weighted by molar-refractivity contribution is -0.123. The maximum Gasteiger partial charge on any atom is 0.258 e. The number of aromatic nitrogens is 2. The van der Waals surface area contributed by atoms with E-state index in [1.54, 1.807) is 18.2 Å². The number of ether oxygens (including phenoxy) is 3. The lowest BCUT2D eigenvalue weighted by Gasteiger charge is -2.09. The Morgan fingerprint density at radius 3 is 2.23 bits per heavy atom. The van der Waals surface area contributed by atoms with Crippen LogP contribution in [-0.4, -0.2) is 42.5 Å². The van der Waals surface area contributed by atoms with E-state index in [-0.39, 0.29) is 19.1 Å². The molecule has 0 aliphatic carbocycles. The average Bonchev–Trinajstić information content (AvgIpc) is 2.81. The third kappa shape index (κ3) is 6.77. The van der Waals surface area contributed by atoms with E-state index >= 15 is 0 Å². The Labute approximate surface area is 176 Å². The predicted molar refractivity (Wildman–Crippen MR) is 114 cm³/mol. The summed E-state index contributed by atoms with van der Waals surface area (Å²) in [4.78, 5) is 11.9. The molecule has 7 heteroatoms. The zero-order chi connectivity index (χ0) is 21.0. The first kappa shape index (κ1) is 21.1. The van der Waals surface area contributed by atoms with Crippen molar-refractivity contribution in [2.45, 2.75) is 13.3 Å². The molecule has 7 nitrogen and oxygen atoms in total. The first-order valence-corrected chi connectivity index (χ1v) is 9.89. The monoisotopic (exact) mass is 407 g/mol. The summed E-state index contributed by atoms with van der Waals surface area (Å²) in [5.74, 6) is 1.57. The molecule has 1 heterocycles. The summed E-state index contributed by atoms with van der Waals surface area (Å²) in [5, 5.41) is 10.9. The largest absolute Gasteiger partial charge is 0.494 e. The van der Waals surface area contributed by atoms with E-state index < -0.39 is 0 Å². The fourth-order valence-electron chi connectivity index (χ4n) is 2.56. The van der Waals surface area contributed by atoms with Crippen LogP contribution in [0.1, 0.15) is 13.3 Å². The number of benzene rings is 2. The SMILES string of the molecule is CCCOc1ccc(OCC(=O)NCCOc2ccc(-c3ccccc3)nn2)cc1. The molecule has 1 N–H and O–H groups in total. The highest BCUT2D eigenvalue weighted by Gasteiger charge is 2.04. The van der Waals surface area contributed by atoms with E-state index in [9.17, 15) is 4.79 Å². The van der Waals surface area contributed by atoms with E-state index in [0.717, 1.165) is 23.4 Å². The van der Waals surface area contributed by atoms with Crippen LogP contribution in [0, 0.1) is 0 Å². The highest BCUT2D eigenvalue weighted by Crippen LogP contribution is 2.18. The van der Waals surface area contributed by atoms with Crippen LogP contribution in [0.4, 0.5) is 0 Å². The number of rotatable bonds is 11. The third-order valence-electron chi connectivity index (χ3n) is 4.05. The van der Waals surface area contributed by atoms with Crippen LogP contribution in [0.15, 0.2) is 66.7 Å². The quantitative estimate of drug-likeness (QED) is 0.490. The molecule has 0 saturated carbocycles. The maximum absolute atomic E-state index is 11.9. The number of hydrogen-bond acceptors (Lipinski definition) is 6. The second-order valence-corrected chi connectivity index (χ2v) is 6.43. The molecular formula is C23H25N3O4. The van der Waals surface area contributed by atoms with Crippen LogP contribution >= 0.6 is 0 Å². The normalized spacial score (nSPS) is 10.3. The Morgan fingerprint density at radius 2 is 1.57 bits per heavy atom. The van der Waals surface area contributed by atoms with E-state index in [4.69, 9.17) is 14.2 Å². The lowest BCUT2D eigenvalue weighted by Crippen LogP contribution is -2.32. The number of nitrogens with zero attached hydrogens (tertiary/aromatic N) is 2. The van der Waals surface area contributed by atoms with Crippen molar-refractivity contribution in [1.29, 1.82) is 0 Å². The van der Waals surface area contributed by atoms with Crippen LogP contribution in [-0.2, 0) is 4.79 Å². The van der Waals surface area contributed by atoms with Crippen molar-refractivity contribution in [2.75, 3.05) is 26.4 Å². The first-order chi connectivity index (χ1) is 14.7. The summed E-state index contributed by atoms with van der Waals surface area (Å²) in [6, 6.07) is 20.6. The molecule has 1 amide bonds. The van der Waals surface area contributed by atoms with Crippen molar-refractivity contribution in [3.05, 3.63) is 66.7 Å². The van der Waals surface area contributed by atoms with Crippen LogP contribution in [0.5, 0.6) is 17.4 Å². The van der Waals surface area contributed by atoms with Gasteiger partial charge in [0.25, 0.3) is 5.91 Å². The summed E-state index contributed by atoms with van der Waals surface area (Å²) in [6.07, 6.45) is 0.952. The fourth-order valence-corrected chi connectivity index (χ4v) is 2.56. The molecule has 0 atom stereocenters. The highest BCUT2D eigenvalue weighted by atomic mass is 16.5. The fraction of sp³-hybridized carbons (Fsp3) is 0.261. The number of carbonyl (C=O) groups is 1. The topological polar surface area (TPSA) is 82.6 Å². The smallest absolute Gasteiger partial charge is 0.258 e. The van der Waals surface area contributed by atoms with Crippen molar-refractivity contribution in [2.24, 2.45) is 0 Å². The second kappa shape index (κ2) is 11.4. The summed E-state index contributed by atoms with van der Waals surface area (Å²) >= 11 is 0. The Kier molecular flexibility index (Phi) is 8.02. The minimum Gasteiger partial charge on any atom is -0.494 e. The van der Waals surface area contributed by atoms with Gasteiger partial charge in [0.15, 0.2) is 6.61 Å². The van der Waals surface area contributed by atoms with E-state index in [1.807, 2.05) is 48.5 Å². The Hall–Kier alpha value is -3.61. The predicted octanol–water partition coefficient (Wildman–Crippen LogP) is 3.51. The van der Waals surface area contributed by atoms with Gasteiger partial charge in [-0.1, -0.05) is 37.3 Å². The van der Waals surface area contributed by atoms with Gasteiger partial charge >= 0.3 is 0 Å². The maximum atomic E-state index is 11.9. The molecule has 156 valence electrons. The molecule has 0 unspecified atom stereocenters. The number of hydrogen-bond donors (Lipinski definition) is 1. The Balaban J connectivity index is 1.33. The van der Waals surface area contributed by atoms with Crippen molar-refractivity contribution >= 4 is 5.91 Å². The summed E-state index contributed by atoms with van der Waals surface area (Å²) in [7, 11) is 0. The van der Waals surface area contributed by atoms with Gasteiger partial charge in [-0.25, -0.2) is 0 Å². The van der Waals surface area contributed by atoms with Crippen LogP contribution in [0.3, 0.4) is 0 Å². The number of nitrogens with one attached hydrogen (secondary N) is 1. The van der Waals surface area contributed by atoms with Gasteiger partial charge in [0.1, 0.15) is 18.1 Å². The van der Waals surface area contributed by atoms with Crippen LogP contribution < -0.4 is 19.5 Å². The van der Waals surface area contributed by atoms with Gasteiger partial charge in [-0.2, -0.15) is 0 Å². The minimum atomic E-state index is -0.226. The van der Waals surface area contributed by atoms with E-state index in [2.05, 4.69) is 22.4 Å². The molecule has 0 bridgehead atoms. The summed E-state index contributed by atoms with van der Waals surface area (Å²) in [5.41, 5.74) is 1.77. The molecule has 0 aliphatic heterocycles. The number of carbonyl (C=O) groups excluding carboxylic acids is 1. The molecule has 0 saturated heterocycles. The zero-order valence-electron chi connectivity index (χ0n) is 16.9. The first-order valence-electron chi connectivity index (χ1n) is 9.89. The van der Waals surface area contributed by atoms with Gasteiger partial charge in [-0.15, -0.1) is 10.2 Å². The van der Waals surface area contributed by atoms with Gasteiger partial charge in [-0.3, -0.25) is 4.79 Å². The van der Waals surface area contributed by atoms with Gasteiger partial charge in [-0.05, 0) is 36.8 Å². The molecule has 1 aromatic heterocycles. The Bertz CT molecular complexity index is 900. The molecule has 0 radical (unpaired) electrons. The Morgan fingerprint density at radius 1 is 0.833 bits per heavy atom. The lowest BCUT2D eigenvalue weighted by atomic mass is 10.1. The second-order valence-electron chi connectivity index (χ2n) is 6.43. The molecule has 0 fully saturated rings. The summed E-state index contributed by atoms with van der Waals surface area (Å²) in [6.45, 7) is 3.28. The molecule has 0 aliphatic rings. The summed E-state index contributed by atoms with van der Waals surface area (Å²) < 4.78 is 16.5. The van der Waals surface area contributed by atoms with Gasteiger partial charge in [0.05, 0.1) is 18.8 Å². The molecular weight excluding hydrogens is 382 g/mol. The van der Waals surface area contributed by atoms with Gasteiger partial charge in [0.2, 0.25) is 5.88 Å².